The molecular formula is C21H22F3NO2. The summed E-state index contributed by atoms with van der Waals surface area (Å²) in [5, 5.41) is 2.59. The molecule has 0 aromatic heterocycles. The normalized spacial score (nSPS) is 14.1. The van der Waals surface area contributed by atoms with Crippen LogP contribution in [0.2, 0.25) is 0 Å². The first kappa shape index (κ1) is 19.3. The number of ether oxygens (including phenoxy) is 1. The molecule has 0 aliphatic heterocycles. The Bertz CT molecular complexity index is 842. The van der Waals surface area contributed by atoms with Crippen molar-refractivity contribution < 1.29 is 22.7 Å². The Morgan fingerprint density at radius 2 is 1.96 bits per heavy atom. The first-order valence-corrected chi connectivity index (χ1v) is 8.91. The second-order valence-corrected chi connectivity index (χ2v) is 6.90. The summed E-state index contributed by atoms with van der Waals surface area (Å²) in [6, 6.07) is 9.75. The molecule has 27 heavy (non-hydrogen) atoms. The average molecular weight is 377 g/mol. The summed E-state index contributed by atoms with van der Waals surface area (Å²) in [5.74, 6) is 0.0634. The molecule has 1 saturated carbocycles. The van der Waals surface area contributed by atoms with Gasteiger partial charge in [-0.1, -0.05) is 29.8 Å². The molecule has 3 rings (SSSR count). The number of alkyl halides is 3. The predicted octanol–water partition coefficient (Wildman–Crippen LogP) is 4.76. The maximum atomic E-state index is 13.3. The van der Waals surface area contributed by atoms with Crippen LogP contribution in [0.5, 0.6) is 5.75 Å². The van der Waals surface area contributed by atoms with Crippen molar-refractivity contribution in [3.63, 3.8) is 0 Å². The molecule has 1 aliphatic carbocycles. The van der Waals surface area contributed by atoms with Crippen LogP contribution in [0, 0.1) is 6.92 Å². The van der Waals surface area contributed by atoms with Crippen LogP contribution >= 0.6 is 0 Å². The molecule has 0 unspecified atom stereocenters. The van der Waals surface area contributed by atoms with Gasteiger partial charge >= 0.3 is 6.18 Å². The van der Waals surface area contributed by atoms with Crippen molar-refractivity contribution in [2.24, 2.45) is 0 Å². The number of hydrogen-bond donors (Lipinski definition) is 1. The molecule has 0 atom stereocenters. The second-order valence-electron chi connectivity index (χ2n) is 6.90. The van der Waals surface area contributed by atoms with Gasteiger partial charge in [0.25, 0.3) is 0 Å². The summed E-state index contributed by atoms with van der Waals surface area (Å²) in [6.07, 6.45) is -2.21. The van der Waals surface area contributed by atoms with Gasteiger partial charge in [0.1, 0.15) is 12.4 Å². The Balaban J connectivity index is 1.91. The molecule has 0 radical (unpaired) electrons. The van der Waals surface area contributed by atoms with Gasteiger partial charge in [-0.2, -0.15) is 13.2 Å². The van der Waals surface area contributed by atoms with E-state index in [9.17, 15) is 18.0 Å². The molecule has 0 spiro atoms. The number of carbonyl (C=O) groups excluding carboxylic acids is 1. The minimum atomic E-state index is -4.48. The van der Waals surface area contributed by atoms with Crippen molar-refractivity contribution in [1.82, 2.24) is 5.32 Å². The van der Waals surface area contributed by atoms with E-state index in [-0.39, 0.29) is 24.7 Å². The van der Waals surface area contributed by atoms with E-state index >= 15 is 0 Å². The lowest BCUT2D eigenvalue weighted by Crippen LogP contribution is -2.21. The predicted molar refractivity (Wildman–Crippen MR) is 96.7 cm³/mol. The maximum absolute atomic E-state index is 13.3. The highest BCUT2D eigenvalue weighted by Crippen LogP contribution is 2.43. The summed E-state index contributed by atoms with van der Waals surface area (Å²) in [4.78, 5) is 11.8. The lowest BCUT2D eigenvalue weighted by Gasteiger charge is -2.18. The largest absolute Gasteiger partial charge is 0.488 e. The lowest BCUT2D eigenvalue weighted by atomic mass is 9.96. The zero-order chi connectivity index (χ0) is 19.6. The highest BCUT2D eigenvalue weighted by Gasteiger charge is 2.35. The summed E-state index contributed by atoms with van der Waals surface area (Å²) >= 11 is 0. The van der Waals surface area contributed by atoms with Gasteiger partial charge in [-0.05, 0) is 54.5 Å². The van der Waals surface area contributed by atoms with Gasteiger partial charge in [-0.3, -0.25) is 4.79 Å². The smallest absolute Gasteiger partial charge is 0.419 e. The summed E-state index contributed by atoms with van der Waals surface area (Å²) in [7, 11) is 1.56. The minimum Gasteiger partial charge on any atom is -0.488 e. The minimum absolute atomic E-state index is 0.00510. The Morgan fingerprint density at radius 3 is 2.59 bits per heavy atom. The quantitative estimate of drug-likeness (QED) is 0.788. The van der Waals surface area contributed by atoms with Crippen molar-refractivity contribution in [3.8, 4) is 5.75 Å². The first-order chi connectivity index (χ1) is 12.8. The fraction of sp³-hybridized carbons (Fsp3) is 0.381. The van der Waals surface area contributed by atoms with Crippen molar-refractivity contribution >= 4 is 5.91 Å². The molecular weight excluding hydrogens is 355 g/mol. The molecule has 1 N–H and O–H groups in total. The van der Waals surface area contributed by atoms with Crippen LogP contribution in [0.25, 0.3) is 0 Å². The fourth-order valence-electron chi connectivity index (χ4n) is 3.18. The third-order valence-corrected chi connectivity index (χ3v) is 4.77. The van der Waals surface area contributed by atoms with Gasteiger partial charge < -0.3 is 10.1 Å². The zero-order valence-electron chi connectivity index (χ0n) is 15.3. The van der Waals surface area contributed by atoms with Crippen LogP contribution < -0.4 is 10.1 Å². The Hall–Kier alpha value is -2.50. The molecule has 144 valence electrons. The molecule has 2 aromatic rings. The van der Waals surface area contributed by atoms with Crippen LogP contribution in [0.1, 0.15) is 46.6 Å². The Morgan fingerprint density at radius 1 is 1.22 bits per heavy atom. The Labute approximate surface area is 156 Å². The van der Waals surface area contributed by atoms with E-state index in [2.05, 4.69) is 5.32 Å². The molecule has 0 heterocycles. The molecule has 1 amide bonds. The van der Waals surface area contributed by atoms with Gasteiger partial charge in [0.05, 0.1) is 12.0 Å². The number of aryl methyl sites for hydroxylation is 1. The number of amides is 1. The van der Waals surface area contributed by atoms with Crippen molar-refractivity contribution in [1.29, 1.82) is 0 Å². The third-order valence-electron chi connectivity index (χ3n) is 4.77. The number of rotatable bonds is 6. The number of halogens is 3. The zero-order valence-corrected chi connectivity index (χ0v) is 15.3. The highest BCUT2D eigenvalue weighted by molar-refractivity contribution is 5.78. The molecule has 3 nitrogen and oxygen atoms in total. The SMILES string of the molecule is CNC(=O)Cc1cccc(C2CC2)c1COc1ccc(C)cc1C(F)(F)F. The van der Waals surface area contributed by atoms with Crippen LogP contribution in [0.15, 0.2) is 36.4 Å². The molecule has 0 bridgehead atoms. The Kier molecular flexibility index (Phi) is 5.44. The van der Waals surface area contributed by atoms with E-state index in [0.29, 0.717) is 11.5 Å². The van der Waals surface area contributed by atoms with Crippen molar-refractivity contribution in [3.05, 3.63) is 64.2 Å². The second kappa shape index (κ2) is 7.62. The average Bonchev–Trinajstić information content (AvgIpc) is 3.45. The first-order valence-electron chi connectivity index (χ1n) is 8.91. The van der Waals surface area contributed by atoms with Crippen LogP contribution in [-0.2, 0) is 24.0 Å². The van der Waals surface area contributed by atoms with E-state index < -0.39 is 11.7 Å². The van der Waals surface area contributed by atoms with Gasteiger partial charge in [0, 0.05) is 7.05 Å². The fourth-order valence-corrected chi connectivity index (χ4v) is 3.18. The summed E-state index contributed by atoms with van der Waals surface area (Å²) < 4.78 is 45.6. The number of nitrogens with one attached hydrogen (secondary N) is 1. The van der Waals surface area contributed by atoms with Crippen molar-refractivity contribution in [2.45, 2.75) is 44.9 Å². The molecule has 1 aliphatic rings. The summed E-state index contributed by atoms with van der Waals surface area (Å²) in [6.45, 7) is 1.62. The highest BCUT2D eigenvalue weighted by atomic mass is 19.4. The number of hydrogen-bond acceptors (Lipinski definition) is 2. The standard InChI is InChI=1S/C21H22F3NO2/c1-13-6-9-19(18(10-13)21(22,23)24)27-12-17-15(11-20(26)25-2)4-3-5-16(17)14-7-8-14/h3-6,9-10,14H,7-8,11-12H2,1-2H3,(H,25,26). The van der Waals surface area contributed by atoms with Crippen LogP contribution in [0.3, 0.4) is 0 Å². The molecule has 2 aromatic carbocycles. The van der Waals surface area contributed by atoms with E-state index in [1.54, 1.807) is 20.0 Å². The van der Waals surface area contributed by atoms with E-state index in [1.165, 1.54) is 6.07 Å². The van der Waals surface area contributed by atoms with E-state index in [1.807, 2.05) is 18.2 Å². The molecule has 6 heteroatoms. The summed E-state index contributed by atoms with van der Waals surface area (Å²) in [5.41, 5.74) is 2.42. The van der Waals surface area contributed by atoms with Gasteiger partial charge in [-0.25, -0.2) is 0 Å². The molecule has 0 saturated heterocycles. The van der Waals surface area contributed by atoms with Gasteiger partial charge in [0.2, 0.25) is 5.91 Å². The number of likely N-dealkylation sites (N-methyl/N-ethyl adjacent to an activating group) is 1. The topological polar surface area (TPSA) is 38.3 Å². The van der Waals surface area contributed by atoms with Gasteiger partial charge in [-0.15, -0.1) is 0 Å². The van der Waals surface area contributed by atoms with Gasteiger partial charge in [0.15, 0.2) is 0 Å². The van der Waals surface area contributed by atoms with E-state index in [4.69, 9.17) is 4.74 Å². The van der Waals surface area contributed by atoms with Crippen molar-refractivity contribution in [2.75, 3.05) is 7.05 Å². The lowest BCUT2D eigenvalue weighted by molar-refractivity contribution is -0.139. The van der Waals surface area contributed by atoms with Crippen LogP contribution in [0.4, 0.5) is 13.2 Å². The van der Waals surface area contributed by atoms with Crippen LogP contribution in [-0.4, -0.2) is 13.0 Å². The maximum Gasteiger partial charge on any atom is 0.419 e. The molecule has 1 fully saturated rings. The number of carbonyl (C=O) groups is 1. The monoisotopic (exact) mass is 377 g/mol. The number of benzene rings is 2. The third kappa shape index (κ3) is 4.62. The van der Waals surface area contributed by atoms with E-state index in [0.717, 1.165) is 35.6 Å².